The lowest BCUT2D eigenvalue weighted by molar-refractivity contribution is 0.0600. The summed E-state index contributed by atoms with van der Waals surface area (Å²) in [5, 5.41) is 3.25. The van der Waals surface area contributed by atoms with Crippen LogP contribution in [0.2, 0.25) is 0 Å². The Morgan fingerprint density at radius 2 is 2.00 bits per heavy atom. The van der Waals surface area contributed by atoms with Crippen LogP contribution >= 0.6 is 11.3 Å². The van der Waals surface area contributed by atoms with Gasteiger partial charge in [-0.1, -0.05) is 0 Å². The third-order valence-corrected chi connectivity index (χ3v) is 5.10. The lowest BCUT2D eigenvalue weighted by Gasteiger charge is -2.22. The molecule has 0 bridgehead atoms. The summed E-state index contributed by atoms with van der Waals surface area (Å²) in [6.45, 7) is 1.58. The average molecular weight is 348 g/mol. The van der Waals surface area contributed by atoms with E-state index in [1.807, 2.05) is 7.05 Å². The molecule has 0 radical (unpaired) electrons. The van der Waals surface area contributed by atoms with Crippen LogP contribution in [0, 0.1) is 5.82 Å². The molecule has 1 amide bonds. The van der Waals surface area contributed by atoms with Crippen molar-refractivity contribution in [1.82, 2.24) is 4.90 Å². The number of hydrogen-bond donors (Lipinski definition) is 1. The van der Waals surface area contributed by atoms with Gasteiger partial charge in [-0.3, -0.25) is 4.79 Å². The van der Waals surface area contributed by atoms with Crippen molar-refractivity contribution in [2.45, 2.75) is 13.0 Å². The molecule has 0 atom stereocenters. The molecule has 0 spiro atoms. The van der Waals surface area contributed by atoms with Crippen LogP contribution in [0.15, 0.2) is 24.3 Å². The van der Waals surface area contributed by atoms with Crippen molar-refractivity contribution >= 4 is 28.2 Å². The van der Waals surface area contributed by atoms with Gasteiger partial charge in [0.15, 0.2) is 0 Å². The number of thiophene rings is 1. The molecule has 3 rings (SSSR count). The number of rotatable bonds is 3. The molecule has 1 aliphatic heterocycles. The zero-order valence-corrected chi connectivity index (χ0v) is 14.2. The normalized spacial score (nSPS) is 14.1. The van der Waals surface area contributed by atoms with Crippen LogP contribution in [0.5, 0.6) is 0 Å². The van der Waals surface area contributed by atoms with Crippen LogP contribution in [-0.4, -0.2) is 37.5 Å². The minimum atomic E-state index is -0.452. The SMILES string of the molecule is COC(=O)c1c(NC(=O)c2ccc(F)cc2)sc2c1CCN(C)C2. The summed E-state index contributed by atoms with van der Waals surface area (Å²) in [5.41, 5.74) is 1.70. The number of hydrogen-bond acceptors (Lipinski definition) is 5. The lowest BCUT2D eigenvalue weighted by Crippen LogP contribution is -2.26. The Hall–Kier alpha value is -2.25. The maximum atomic E-state index is 13.0. The number of ether oxygens (including phenoxy) is 1. The first-order valence-electron chi connectivity index (χ1n) is 7.48. The summed E-state index contributed by atoms with van der Waals surface area (Å²) in [7, 11) is 3.34. The largest absolute Gasteiger partial charge is 0.465 e. The second-order valence-electron chi connectivity index (χ2n) is 5.65. The second kappa shape index (κ2) is 6.70. The zero-order chi connectivity index (χ0) is 17.3. The molecule has 0 unspecified atom stereocenters. The van der Waals surface area contributed by atoms with E-state index < -0.39 is 11.8 Å². The molecule has 5 nitrogen and oxygen atoms in total. The second-order valence-corrected chi connectivity index (χ2v) is 6.75. The van der Waals surface area contributed by atoms with E-state index in [0.29, 0.717) is 16.1 Å². The van der Waals surface area contributed by atoms with Gasteiger partial charge in [0.1, 0.15) is 10.8 Å². The van der Waals surface area contributed by atoms with Crippen LogP contribution in [0.25, 0.3) is 0 Å². The van der Waals surface area contributed by atoms with Gasteiger partial charge < -0.3 is 15.0 Å². The van der Waals surface area contributed by atoms with Gasteiger partial charge in [0.05, 0.1) is 12.7 Å². The minimum absolute atomic E-state index is 0.329. The number of nitrogens with zero attached hydrogens (tertiary/aromatic N) is 1. The number of anilines is 1. The molecule has 0 saturated heterocycles. The van der Waals surface area contributed by atoms with E-state index in [0.717, 1.165) is 30.0 Å². The van der Waals surface area contributed by atoms with Gasteiger partial charge in [0.25, 0.3) is 5.91 Å². The number of nitrogens with one attached hydrogen (secondary N) is 1. The van der Waals surface area contributed by atoms with Gasteiger partial charge in [-0.15, -0.1) is 11.3 Å². The first-order chi connectivity index (χ1) is 11.5. The third kappa shape index (κ3) is 3.18. The van der Waals surface area contributed by atoms with Crippen molar-refractivity contribution in [1.29, 1.82) is 0 Å². The van der Waals surface area contributed by atoms with Gasteiger partial charge in [-0.05, 0) is 43.3 Å². The van der Waals surface area contributed by atoms with Crippen molar-refractivity contribution in [3.05, 3.63) is 51.7 Å². The molecular weight excluding hydrogens is 331 g/mol. The zero-order valence-electron chi connectivity index (χ0n) is 13.4. The number of benzene rings is 1. The first kappa shape index (κ1) is 16.6. The lowest BCUT2D eigenvalue weighted by atomic mass is 10.0. The Balaban J connectivity index is 1.93. The molecule has 1 aliphatic rings. The molecule has 1 aromatic carbocycles. The van der Waals surface area contributed by atoms with E-state index in [9.17, 15) is 14.0 Å². The van der Waals surface area contributed by atoms with Crippen LogP contribution in [-0.2, 0) is 17.7 Å². The van der Waals surface area contributed by atoms with E-state index in [4.69, 9.17) is 4.74 Å². The Kier molecular flexibility index (Phi) is 4.64. The molecule has 2 aromatic rings. The summed E-state index contributed by atoms with van der Waals surface area (Å²) in [5.74, 6) is -1.24. The van der Waals surface area contributed by atoms with Crippen molar-refractivity contribution in [3.8, 4) is 0 Å². The minimum Gasteiger partial charge on any atom is -0.465 e. The highest BCUT2D eigenvalue weighted by molar-refractivity contribution is 7.17. The van der Waals surface area contributed by atoms with E-state index >= 15 is 0 Å². The van der Waals surface area contributed by atoms with Crippen LogP contribution in [0.1, 0.15) is 31.2 Å². The maximum absolute atomic E-state index is 13.0. The number of carbonyl (C=O) groups excluding carboxylic acids is 2. The summed E-state index contributed by atoms with van der Waals surface area (Å²) in [6, 6.07) is 5.27. The van der Waals surface area contributed by atoms with Gasteiger partial charge in [-0.25, -0.2) is 9.18 Å². The molecule has 1 aromatic heterocycles. The Labute approximate surface area is 143 Å². The predicted octanol–water partition coefficient (Wildman–Crippen LogP) is 2.91. The highest BCUT2D eigenvalue weighted by atomic mass is 32.1. The number of likely N-dealkylation sites (N-methyl/N-ethyl adjacent to an activating group) is 1. The average Bonchev–Trinajstić information content (AvgIpc) is 2.91. The monoisotopic (exact) mass is 348 g/mol. The predicted molar refractivity (Wildman–Crippen MR) is 90.0 cm³/mol. The Morgan fingerprint density at radius 3 is 2.67 bits per heavy atom. The highest BCUT2D eigenvalue weighted by Crippen LogP contribution is 2.37. The molecule has 126 valence electrons. The van der Waals surface area contributed by atoms with Crippen LogP contribution < -0.4 is 5.32 Å². The van der Waals surface area contributed by atoms with Crippen molar-refractivity contribution < 1.29 is 18.7 Å². The third-order valence-electron chi connectivity index (χ3n) is 3.97. The number of carbonyl (C=O) groups is 2. The number of fused-ring (bicyclic) bond motifs is 1. The topological polar surface area (TPSA) is 58.6 Å². The first-order valence-corrected chi connectivity index (χ1v) is 8.29. The number of amides is 1. The standard InChI is InChI=1S/C17H17FN2O3S/c1-20-8-7-12-13(9-20)24-16(14(12)17(22)23-2)19-15(21)10-3-5-11(18)6-4-10/h3-6H,7-9H2,1-2H3,(H,19,21). The number of halogens is 1. The Morgan fingerprint density at radius 1 is 1.29 bits per heavy atom. The van der Waals surface area contributed by atoms with Crippen molar-refractivity contribution in [2.75, 3.05) is 26.0 Å². The molecule has 24 heavy (non-hydrogen) atoms. The van der Waals surface area contributed by atoms with E-state index in [1.54, 1.807) is 0 Å². The fourth-order valence-electron chi connectivity index (χ4n) is 2.71. The van der Waals surface area contributed by atoms with E-state index in [1.165, 1.54) is 42.7 Å². The van der Waals surface area contributed by atoms with Gasteiger partial charge in [-0.2, -0.15) is 0 Å². The number of methoxy groups -OCH3 is 1. The molecule has 0 aliphatic carbocycles. The molecule has 2 heterocycles. The van der Waals surface area contributed by atoms with Crippen molar-refractivity contribution in [3.63, 3.8) is 0 Å². The fourth-order valence-corrected chi connectivity index (χ4v) is 4.02. The molecule has 0 saturated carbocycles. The smallest absolute Gasteiger partial charge is 0.341 e. The Bertz CT molecular complexity index is 786. The van der Waals surface area contributed by atoms with Gasteiger partial charge in [0, 0.05) is 23.5 Å². The molecular formula is C17H17FN2O3S. The summed E-state index contributed by atoms with van der Waals surface area (Å²) in [4.78, 5) is 27.8. The quantitative estimate of drug-likeness (QED) is 0.867. The van der Waals surface area contributed by atoms with E-state index in [2.05, 4.69) is 10.2 Å². The summed E-state index contributed by atoms with van der Waals surface area (Å²) < 4.78 is 17.9. The maximum Gasteiger partial charge on any atom is 0.341 e. The van der Waals surface area contributed by atoms with Gasteiger partial charge >= 0.3 is 5.97 Å². The molecule has 1 N–H and O–H groups in total. The van der Waals surface area contributed by atoms with Crippen molar-refractivity contribution in [2.24, 2.45) is 0 Å². The van der Waals surface area contributed by atoms with Gasteiger partial charge in [0.2, 0.25) is 0 Å². The summed E-state index contributed by atoms with van der Waals surface area (Å²) in [6.07, 6.45) is 0.735. The molecule has 0 fully saturated rings. The van der Waals surface area contributed by atoms with Crippen LogP contribution in [0.3, 0.4) is 0 Å². The highest BCUT2D eigenvalue weighted by Gasteiger charge is 2.28. The number of esters is 1. The van der Waals surface area contributed by atoms with Crippen LogP contribution in [0.4, 0.5) is 9.39 Å². The summed E-state index contributed by atoms with van der Waals surface area (Å²) >= 11 is 1.39. The van der Waals surface area contributed by atoms with E-state index in [-0.39, 0.29) is 5.91 Å². The fraction of sp³-hybridized carbons (Fsp3) is 0.294. The molecule has 7 heteroatoms.